The van der Waals surface area contributed by atoms with Crippen molar-refractivity contribution < 1.29 is 25.8 Å². The summed E-state index contributed by atoms with van der Waals surface area (Å²) in [5.41, 5.74) is -5.29. The van der Waals surface area contributed by atoms with Gasteiger partial charge in [-0.05, 0) is 44.0 Å². The molecule has 0 aliphatic heterocycles. The first kappa shape index (κ1) is 15.5. The molecule has 0 heterocycles. The van der Waals surface area contributed by atoms with Gasteiger partial charge < -0.3 is 4.18 Å². The van der Waals surface area contributed by atoms with Gasteiger partial charge in [0.2, 0.25) is 0 Å². The highest BCUT2D eigenvalue weighted by Crippen LogP contribution is 2.30. The minimum atomic E-state index is -5.67. The average molecular weight is 410 g/mol. The molecular weight excluding hydrogens is 405 g/mol. The van der Waals surface area contributed by atoms with Crippen LogP contribution in [0, 0.1) is 0 Å². The molecule has 18 heavy (non-hydrogen) atoms. The summed E-state index contributed by atoms with van der Waals surface area (Å²) in [5.74, 6) is -0.411. The molecule has 0 spiro atoms. The minimum Gasteiger partial charge on any atom is -0.375 e. The smallest absolute Gasteiger partial charge is 0.375 e. The van der Waals surface area contributed by atoms with Crippen LogP contribution in [0.2, 0.25) is 0 Å². The third-order valence-electron chi connectivity index (χ3n) is 1.67. The quantitative estimate of drug-likeness (QED) is 0.559. The van der Waals surface area contributed by atoms with Gasteiger partial charge in [0.25, 0.3) is 0 Å². The van der Waals surface area contributed by atoms with Crippen molar-refractivity contribution in [3.8, 4) is 5.75 Å². The molecule has 0 atom stereocenters. The fourth-order valence-corrected chi connectivity index (χ4v) is 1.93. The number of hydrogen-bond acceptors (Lipinski definition) is 3. The van der Waals surface area contributed by atoms with E-state index >= 15 is 0 Å². The van der Waals surface area contributed by atoms with Gasteiger partial charge in [0.05, 0.1) is 3.39 Å². The van der Waals surface area contributed by atoms with Crippen molar-refractivity contribution >= 4 is 48.1 Å². The summed E-state index contributed by atoms with van der Waals surface area (Å²) >= 11 is 6.03. The molecule has 0 aliphatic rings. The van der Waals surface area contributed by atoms with Crippen molar-refractivity contribution in [2.45, 2.75) is 5.51 Å². The number of alkyl halides is 3. The lowest BCUT2D eigenvalue weighted by atomic mass is 10.2. The highest BCUT2D eigenvalue weighted by Gasteiger charge is 2.48. The molecule has 1 aromatic rings. The Kier molecular flexibility index (Phi) is 4.84. The zero-order valence-electron chi connectivity index (χ0n) is 8.41. The minimum absolute atomic E-state index is 0.175. The number of halogens is 5. The lowest BCUT2D eigenvalue weighted by molar-refractivity contribution is -0.0500. The Balaban J connectivity index is 3.18. The first-order valence-electron chi connectivity index (χ1n) is 4.26. The highest BCUT2D eigenvalue weighted by atomic mass is 79.9. The molecule has 0 radical (unpaired) electrons. The lowest BCUT2D eigenvalue weighted by Gasteiger charge is -2.11. The molecule has 100 valence electrons. The molecule has 1 rings (SSSR count). The second kappa shape index (κ2) is 5.62. The summed E-state index contributed by atoms with van der Waals surface area (Å²) in [6, 6.07) is 5.42. The van der Waals surface area contributed by atoms with E-state index in [1.165, 1.54) is 24.3 Å². The summed E-state index contributed by atoms with van der Waals surface area (Å²) in [6.07, 6.45) is 1.36. The van der Waals surface area contributed by atoms with Gasteiger partial charge in [-0.1, -0.05) is 18.2 Å². The molecule has 9 heteroatoms. The summed E-state index contributed by atoms with van der Waals surface area (Å²) in [4.78, 5) is 0. The summed E-state index contributed by atoms with van der Waals surface area (Å²) in [7, 11) is -5.67. The van der Waals surface area contributed by atoms with Crippen molar-refractivity contribution in [2.75, 3.05) is 0 Å². The Morgan fingerprint density at radius 3 is 2.28 bits per heavy atom. The van der Waals surface area contributed by atoms with Gasteiger partial charge in [-0.15, -0.1) is 0 Å². The maximum atomic E-state index is 12.2. The van der Waals surface area contributed by atoms with E-state index in [0.717, 1.165) is 6.07 Å². The van der Waals surface area contributed by atoms with Crippen LogP contribution in [0.25, 0.3) is 6.08 Å². The van der Waals surface area contributed by atoms with E-state index in [9.17, 15) is 21.6 Å². The highest BCUT2D eigenvalue weighted by molar-refractivity contribution is 9.28. The second-order valence-corrected chi connectivity index (χ2v) is 7.27. The standard InChI is InChI=1S/C9H5Br2F3O3S/c10-8(11)5-6-3-1-2-4-7(6)17-18(15,16)9(12,13)14/h1-5H. The Morgan fingerprint density at radius 2 is 1.78 bits per heavy atom. The van der Waals surface area contributed by atoms with Gasteiger partial charge in [-0.2, -0.15) is 21.6 Å². The van der Waals surface area contributed by atoms with Gasteiger partial charge in [-0.3, -0.25) is 0 Å². The normalized spacial score (nSPS) is 12.1. The molecule has 0 bridgehead atoms. The topological polar surface area (TPSA) is 43.4 Å². The van der Waals surface area contributed by atoms with Crippen LogP contribution < -0.4 is 4.18 Å². The van der Waals surface area contributed by atoms with Crippen LogP contribution in [0.4, 0.5) is 13.2 Å². The molecule has 0 aromatic heterocycles. The second-order valence-electron chi connectivity index (χ2n) is 2.96. The van der Waals surface area contributed by atoms with Crippen LogP contribution >= 0.6 is 31.9 Å². The third-order valence-corrected chi connectivity index (χ3v) is 3.09. The summed E-state index contributed by atoms with van der Waals surface area (Å²) in [5, 5.41) is 0. The molecule has 0 aliphatic carbocycles. The van der Waals surface area contributed by atoms with Crippen LogP contribution in [0.15, 0.2) is 27.7 Å². The van der Waals surface area contributed by atoms with Crippen molar-refractivity contribution in [1.29, 1.82) is 0 Å². The maximum Gasteiger partial charge on any atom is 0.534 e. The van der Waals surface area contributed by atoms with E-state index in [2.05, 4.69) is 36.0 Å². The van der Waals surface area contributed by atoms with Crippen molar-refractivity contribution in [3.05, 3.63) is 33.2 Å². The number of para-hydroxylation sites is 1. The molecular formula is C9H5Br2F3O3S. The first-order chi connectivity index (χ1) is 8.13. The van der Waals surface area contributed by atoms with Gasteiger partial charge in [0, 0.05) is 5.56 Å². The van der Waals surface area contributed by atoms with Crippen LogP contribution in [0.1, 0.15) is 5.56 Å². The Labute approximate surface area is 118 Å². The molecule has 0 N–H and O–H groups in total. The van der Waals surface area contributed by atoms with E-state index in [1.807, 2.05) is 0 Å². The fourth-order valence-electron chi connectivity index (χ4n) is 0.959. The van der Waals surface area contributed by atoms with E-state index in [0.29, 0.717) is 3.39 Å². The van der Waals surface area contributed by atoms with E-state index < -0.39 is 21.4 Å². The van der Waals surface area contributed by atoms with Crippen LogP contribution in [-0.4, -0.2) is 13.9 Å². The largest absolute Gasteiger partial charge is 0.534 e. The lowest BCUT2D eigenvalue weighted by Crippen LogP contribution is -2.28. The fraction of sp³-hybridized carbons (Fsp3) is 0.111. The maximum absolute atomic E-state index is 12.2. The average Bonchev–Trinajstić information content (AvgIpc) is 2.18. The van der Waals surface area contributed by atoms with Crippen molar-refractivity contribution in [3.63, 3.8) is 0 Å². The Morgan fingerprint density at radius 1 is 1.22 bits per heavy atom. The molecule has 0 amide bonds. The molecule has 1 aromatic carbocycles. The monoisotopic (exact) mass is 408 g/mol. The van der Waals surface area contributed by atoms with Gasteiger partial charge >= 0.3 is 15.6 Å². The summed E-state index contributed by atoms with van der Waals surface area (Å²) < 4.78 is 62.7. The van der Waals surface area contributed by atoms with E-state index in [-0.39, 0.29) is 5.56 Å². The molecule has 0 saturated heterocycles. The third kappa shape index (κ3) is 3.99. The van der Waals surface area contributed by atoms with Gasteiger partial charge in [-0.25, -0.2) is 0 Å². The predicted octanol–water partition coefficient (Wildman–Crippen LogP) is 4.00. The molecule has 3 nitrogen and oxygen atoms in total. The zero-order valence-corrected chi connectivity index (χ0v) is 12.4. The van der Waals surface area contributed by atoms with Crippen LogP contribution in [-0.2, 0) is 10.1 Å². The van der Waals surface area contributed by atoms with Crippen molar-refractivity contribution in [1.82, 2.24) is 0 Å². The Bertz CT molecular complexity index is 563. The SMILES string of the molecule is O=S(=O)(Oc1ccccc1C=C(Br)Br)C(F)(F)F. The Hall–Kier alpha value is -0.540. The number of hydrogen-bond donors (Lipinski definition) is 0. The van der Waals surface area contributed by atoms with Crippen LogP contribution in [0.5, 0.6) is 5.75 Å². The molecule has 0 unspecified atom stereocenters. The van der Waals surface area contributed by atoms with E-state index in [4.69, 9.17) is 0 Å². The molecule has 0 saturated carbocycles. The number of benzene rings is 1. The van der Waals surface area contributed by atoms with Crippen LogP contribution in [0.3, 0.4) is 0 Å². The van der Waals surface area contributed by atoms with Gasteiger partial charge in [0.15, 0.2) is 0 Å². The molecule has 0 fully saturated rings. The predicted molar refractivity (Wildman–Crippen MR) is 67.9 cm³/mol. The van der Waals surface area contributed by atoms with E-state index in [1.54, 1.807) is 0 Å². The first-order valence-corrected chi connectivity index (χ1v) is 7.25. The van der Waals surface area contributed by atoms with Gasteiger partial charge in [0.1, 0.15) is 5.75 Å². The summed E-state index contributed by atoms with van der Waals surface area (Å²) in [6.45, 7) is 0. The number of rotatable bonds is 3. The zero-order chi connectivity index (χ0) is 14.0. The van der Waals surface area contributed by atoms with Crippen molar-refractivity contribution in [2.24, 2.45) is 0 Å².